The van der Waals surface area contributed by atoms with Crippen molar-refractivity contribution in [3.63, 3.8) is 0 Å². The molecule has 0 radical (unpaired) electrons. The van der Waals surface area contributed by atoms with Crippen molar-refractivity contribution in [2.75, 3.05) is 6.54 Å². The minimum Gasteiger partial charge on any atom is -0.475 e. The van der Waals surface area contributed by atoms with Gasteiger partial charge in [0.2, 0.25) is 5.76 Å². The lowest BCUT2D eigenvalue weighted by Crippen LogP contribution is -2.23. The molecule has 1 aromatic rings. The Kier molecular flexibility index (Phi) is 3.76. The van der Waals surface area contributed by atoms with E-state index in [0.717, 1.165) is 6.54 Å². The number of aryl methyl sites for hydroxylation is 1. The van der Waals surface area contributed by atoms with Gasteiger partial charge in [0.25, 0.3) is 0 Å². The molecule has 0 amide bonds. The van der Waals surface area contributed by atoms with Gasteiger partial charge in [0.15, 0.2) is 0 Å². The number of nitrogens with one attached hydrogen (secondary N) is 1. The molecule has 0 aromatic carbocycles. The summed E-state index contributed by atoms with van der Waals surface area (Å²) in [6.07, 6.45) is 5.12. The normalized spacial score (nSPS) is 16.8. The quantitative estimate of drug-likeness (QED) is 0.782. The van der Waals surface area contributed by atoms with Crippen LogP contribution < -0.4 is 5.32 Å². The monoisotopic (exact) mass is 251 g/mol. The molecule has 1 heterocycles. The van der Waals surface area contributed by atoms with Crippen molar-refractivity contribution in [3.8, 4) is 0 Å². The first-order valence-electron chi connectivity index (χ1n) is 6.60. The van der Waals surface area contributed by atoms with Gasteiger partial charge < -0.3 is 14.8 Å². The fourth-order valence-corrected chi connectivity index (χ4v) is 2.52. The van der Waals surface area contributed by atoms with E-state index in [1.807, 2.05) is 0 Å². The molecule has 4 nitrogen and oxygen atoms in total. The van der Waals surface area contributed by atoms with Gasteiger partial charge in [-0.3, -0.25) is 0 Å². The molecule has 1 aromatic heterocycles. The summed E-state index contributed by atoms with van der Waals surface area (Å²) in [6.45, 7) is 5.59. The third-order valence-corrected chi connectivity index (χ3v) is 3.70. The molecule has 0 unspecified atom stereocenters. The first kappa shape index (κ1) is 13.1. The van der Waals surface area contributed by atoms with Crippen molar-refractivity contribution in [2.45, 2.75) is 46.1 Å². The molecule has 0 atom stereocenters. The number of hydrogen-bond donors (Lipinski definition) is 2. The predicted molar refractivity (Wildman–Crippen MR) is 68.7 cm³/mol. The van der Waals surface area contributed by atoms with Crippen molar-refractivity contribution < 1.29 is 14.3 Å². The van der Waals surface area contributed by atoms with Crippen LogP contribution in [0.3, 0.4) is 0 Å². The zero-order chi connectivity index (χ0) is 13.2. The van der Waals surface area contributed by atoms with Gasteiger partial charge in [-0.1, -0.05) is 13.3 Å². The standard InChI is InChI=1S/C14H21NO3/c1-3-4-14(5-6-14)9-15-8-11-7-10(2)12(18-11)13(16)17/h7,15H,3-6,8-9H2,1-2H3,(H,16,17). The van der Waals surface area contributed by atoms with Crippen LogP contribution in [0, 0.1) is 12.3 Å². The van der Waals surface area contributed by atoms with E-state index < -0.39 is 5.97 Å². The van der Waals surface area contributed by atoms with Crippen LogP contribution in [0.5, 0.6) is 0 Å². The van der Waals surface area contributed by atoms with E-state index in [4.69, 9.17) is 9.52 Å². The van der Waals surface area contributed by atoms with E-state index in [9.17, 15) is 4.79 Å². The number of carboxylic acid groups (broad SMARTS) is 1. The van der Waals surface area contributed by atoms with Crippen LogP contribution in [0.4, 0.5) is 0 Å². The molecule has 1 fully saturated rings. The van der Waals surface area contributed by atoms with Crippen molar-refractivity contribution >= 4 is 5.97 Å². The molecular weight excluding hydrogens is 230 g/mol. The summed E-state index contributed by atoms with van der Waals surface area (Å²) >= 11 is 0. The Hall–Kier alpha value is -1.29. The van der Waals surface area contributed by atoms with E-state index in [-0.39, 0.29) is 5.76 Å². The molecule has 2 N–H and O–H groups in total. The largest absolute Gasteiger partial charge is 0.475 e. The topological polar surface area (TPSA) is 62.5 Å². The fraction of sp³-hybridized carbons (Fsp3) is 0.643. The Morgan fingerprint density at radius 2 is 2.28 bits per heavy atom. The maximum absolute atomic E-state index is 10.8. The van der Waals surface area contributed by atoms with Crippen LogP contribution >= 0.6 is 0 Å². The SMILES string of the molecule is CCCC1(CNCc2cc(C)c(C(=O)O)o2)CC1. The zero-order valence-corrected chi connectivity index (χ0v) is 11.1. The summed E-state index contributed by atoms with van der Waals surface area (Å²) in [7, 11) is 0. The average Bonchev–Trinajstić information content (AvgIpc) is 2.95. The number of hydrogen-bond acceptors (Lipinski definition) is 3. The molecule has 100 valence electrons. The third-order valence-electron chi connectivity index (χ3n) is 3.70. The molecule has 0 bridgehead atoms. The van der Waals surface area contributed by atoms with Gasteiger partial charge >= 0.3 is 5.97 Å². The summed E-state index contributed by atoms with van der Waals surface area (Å²) in [6, 6.07) is 1.80. The second kappa shape index (κ2) is 5.14. The van der Waals surface area contributed by atoms with Crippen LogP contribution in [0.25, 0.3) is 0 Å². The first-order valence-corrected chi connectivity index (χ1v) is 6.60. The highest BCUT2D eigenvalue weighted by Crippen LogP contribution is 2.48. The third kappa shape index (κ3) is 2.93. The van der Waals surface area contributed by atoms with Gasteiger partial charge in [-0.25, -0.2) is 4.79 Å². The highest BCUT2D eigenvalue weighted by molar-refractivity contribution is 5.86. The smallest absolute Gasteiger partial charge is 0.372 e. The summed E-state index contributed by atoms with van der Waals surface area (Å²) < 4.78 is 5.31. The lowest BCUT2D eigenvalue weighted by molar-refractivity contribution is 0.0659. The minimum atomic E-state index is -0.997. The number of rotatable bonds is 7. The van der Waals surface area contributed by atoms with E-state index in [1.54, 1.807) is 13.0 Å². The van der Waals surface area contributed by atoms with Crippen LogP contribution in [0.15, 0.2) is 10.5 Å². The van der Waals surface area contributed by atoms with E-state index in [0.29, 0.717) is 23.3 Å². The highest BCUT2D eigenvalue weighted by atomic mass is 16.4. The van der Waals surface area contributed by atoms with Crippen molar-refractivity contribution in [3.05, 3.63) is 23.2 Å². The van der Waals surface area contributed by atoms with Crippen molar-refractivity contribution in [1.82, 2.24) is 5.32 Å². The van der Waals surface area contributed by atoms with Gasteiger partial charge in [0.05, 0.1) is 6.54 Å². The van der Waals surface area contributed by atoms with Gasteiger partial charge in [-0.2, -0.15) is 0 Å². The molecular formula is C14H21NO3. The Bertz CT molecular complexity index is 432. The van der Waals surface area contributed by atoms with Gasteiger partial charge in [0.1, 0.15) is 5.76 Å². The first-order chi connectivity index (χ1) is 8.56. The van der Waals surface area contributed by atoms with Gasteiger partial charge in [-0.15, -0.1) is 0 Å². The molecule has 0 aliphatic heterocycles. The summed E-state index contributed by atoms with van der Waals surface area (Å²) in [5, 5.41) is 12.3. The number of carboxylic acids is 1. The number of furan rings is 1. The van der Waals surface area contributed by atoms with Gasteiger partial charge in [-0.05, 0) is 37.7 Å². The Morgan fingerprint density at radius 3 is 2.78 bits per heavy atom. The van der Waals surface area contributed by atoms with Crippen LogP contribution in [0.1, 0.15) is 54.5 Å². The fourth-order valence-electron chi connectivity index (χ4n) is 2.52. The van der Waals surface area contributed by atoms with Crippen molar-refractivity contribution in [1.29, 1.82) is 0 Å². The van der Waals surface area contributed by atoms with Crippen LogP contribution in [-0.2, 0) is 6.54 Å². The van der Waals surface area contributed by atoms with Crippen LogP contribution in [0.2, 0.25) is 0 Å². The zero-order valence-electron chi connectivity index (χ0n) is 11.1. The van der Waals surface area contributed by atoms with E-state index in [1.165, 1.54) is 25.7 Å². The predicted octanol–water partition coefficient (Wildman–Crippen LogP) is 2.96. The molecule has 4 heteroatoms. The average molecular weight is 251 g/mol. The molecule has 1 aliphatic carbocycles. The highest BCUT2D eigenvalue weighted by Gasteiger charge is 2.40. The molecule has 0 spiro atoms. The molecule has 0 saturated heterocycles. The Balaban J connectivity index is 1.84. The van der Waals surface area contributed by atoms with E-state index in [2.05, 4.69) is 12.2 Å². The summed E-state index contributed by atoms with van der Waals surface area (Å²) in [5.41, 5.74) is 1.19. The molecule has 18 heavy (non-hydrogen) atoms. The molecule has 1 aliphatic rings. The number of aromatic carboxylic acids is 1. The van der Waals surface area contributed by atoms with Gasteiger partial charge in [0, 0.05) is 12.1 Å². The second-order valence-electron chi connectivity index (χ2n) is 5.38. The maximum atomic E-state index is 10.8. The Labute approximate surface area is 107 Å². The second-order valence-corrected chi connectivity index (χ2v) is 5.38. The van der Waals surface area contributed by atoms with E-state index >= 15 is 0 Å². The van der Waals surface area contributed by atoms with Crippen LogP contribution in [-0.4, -0.2) is 17.6 Å². The number of carbonyl (C=O) groups is 1. The lowest BCUT2D eigenvalue weighted by atomic mass is 10.0. The summed E-state index contributed by atoms with van der Waals surface area (Å²) in [4.78, 5) is 10.8. The lowest BCUT2D eigenvalue weighted by Gasteiger charge is -2.13. The summed E-state index contributed by atoms with van der Waals surface area (Å²) in [5.74, 6) is -0.234. The van der Waals surface area contributed by atoms with Crippen molar-refractivity contribution in [2.24, 2.45) is 5.41 Å². The molecule has 1 saturated carbocycles. The maximum Gasteiger partial charge on any atom is 0.372 e. The molecule has 2 rings (SSSR count). The minimum absolute atomic E-state index is 0.0569. The Morgan fingerprint density at radius 1 is 1.56 bits per heavy atom.